The minimum atomic E-state index is 0.112. The average Bonchev–Trinajstić information content (AvgIpc) is 2.98. The maximum Gasteiger partial charge on any atom is 0.157 e. The van der Waals surface area contributed by atoms with Crippen molar-refractivity contribution >= 4 is 16.9 Å². The van der Waals surface area contributed by atoms with Gasteiger partial charge in [-0.3, -0.25) is 4.99 Å². The quantitative estimate of drug-likeness (QED) is 0.816. The van der Waals surface area contributed by atoms with E-state index in [-0.39, 0.29) is 5.60 Å². The lowest BCUT2D eigenvalue weighted by Gasteiger charge is -2.40. The smallest absolute Gasteiger partial charge is 0.157 e. The normalized spacial score (nSPS) is 32.1. The number of rotatable bonds is 4. The van der Waals surface area contributed by atoms with Gasteiger partial charge >= 0.3 is 0 Å². The van der Waals surface area contributed by atoms with Gasteiger partial charge in [0.2, 0.25) is 0 Å². The fourth-order valence-corrected chi connectivity index (χ4v) is 3.67. The molecule has 0 aromatic carbocycles. The van der Waals surface area contributed by atoms with Crippen LogP contribution in [0.4, 0.5) is 0 Å². The first-order valence-corrected chi connectivity index (χ1v) is 7.19. The lowest BCUT2D eigenvalue weighted by atomic mass is 9.80. The van der Waals surface area contributed by atoms with Crippen LogP contribution in [-0.2, 0) is 4.74 Å². The summed E-state index contributed by atoms with van der Waals surface area (Å²) >= 11 is 1.95. The molecule has 3 nitrogen and oxygen atoms in total. The number of ether oxygens (including phenoxy) is 1. The molecule has 1 N–H and O–H groups in total. The highest BCUT2D eigenvalue weighted by atomic mass is 32.2. The first-order chi connectivity index (χ1) is 7.81. The number of methoxy groups -OCH3 is 1. The summed E-state index contributed by atoms with van der Waals surface area (Å²) in [5.74, 6) is 0.952. The lowest BCUT2D eigenvalue weighted by molar-refractivity contribution is -0.0663. The second kappa shape index (κ2) is 4.22. The SMILES string of the molecule is COC1(CNC2=NCC(C3CC3)S2)CCC1. The van der Waals surface area contributed by atoms with Crippen molar-refractivity contribution in [1.82, 2.24) is 5.32 Å². The zero-order chi connectivity index (χ0) is 11.0. The molecular formula is C12H20N2OS. The summed E-state index contributed by atoms with van der Waals surface area (Å²) in [6.45, 7) is 1.96. The van der Waals surface area contributed by atoms with E-state index in [4.69, 9.17) is 4.74 Å². The van der Waals surface area contributed by atoms with E-state index in [1.165, 1.54) is 32.1 Å². The van der Waals surface area contributed by atoms with Crippen LogP contribution in [0.3, 0.4) is 0 Å². The highest BCUT2D eigenvalue weighted by molar-refractivity contribution is 8.14. The Bertz CT molecular complexity index is 292. The molecule has 2 saturated carbocycles. The van der Waals surface area contributed by atoms with Crippen molar-refractivity contribution in [1.29, 1.82) is 0 Å². The third-order valence-corrected chi connectivity index (χ3v) is 5.42. The van der Waals surface area contributed by atoms with Crippen LogP contribution in [0.2, 0.25) is 0 Å². The number of hydrogen-bond acceptors (Lipinski definition) is 4. The van der Waals surface area contributed by atoms with E-state index in [2.05, 4.69) is 10.3 Å². The third-order valence-electron chi connectivity index (χ3n) is 4.09. The Morgan fingerprint density at radius 3 is 2.88 bits per heavy atom. The van der Waals surface area contributed by atoms with E-state index in [1.807, 2.05) is 18.9 Å². The molecule has 3 aliphatic rings. The fraction of sp³-hybridized carbons (Fsp3) is 0.917. The number of nitrogens with one attached hydrogen (secondary N) is 1. The maximum absolute atomic E-state index is 5.59. The van der Waals surface area contributed by atoms with Crippen LogP contribution in [-0.4, -0.2) is 36.2 Å². The summed E-state index contributed by atoms with van der Waals surface area (Å²) in [6, 6.07) is 0. The van der Waals surface area contributed by atoms with Gasteiger partial charge in [0.25, 0.3) is 0 Å². The molecule has 0 aromatic heterocycles. The molecule has 2 aliphatic carbocycles. The minimum absolute atomic E-state index is 0.112. The number of thioether (sulfide) groups is 1. The van der Waals surface area contributed by atoms with Gasteiger partial charge in [-0.15, -0.1) is 0 Å². The van der Waals surface area contributed by atoms with Crippen molar-refractivity contribution < 1.29 is 4.74 Å². The van der Waals surface area contributed by atoms with E-state index in [1.54, 1.807) is 0 Å². The van der Waals surface area contributed by atoms with Crippen LogP contribution >= 0.6 is 11.8 Å². The minimum Gasteiger partial charge on any atom is -0.376 e. The second-order valence-corrected chi connectivity index (χ2v) is 6.46. The van der Waals surface area contributed by atoms with Gasteiger partial charge in [0.15, 0.2) is 5.17 Å². The highest BCUT2D eigenvalue weighted by Crippen LogP contribution is 2.41. The summed E-state index contributed by atoms with van der Waals surface area (Å²) in [5.41, 5.74) is 0.112. The number of nitrogens with zero attached hydrogens (tertiary/aromatic N) is 1. The zero-order valence-corrected chi connectivity index (χ0v) is 10.7. The fourth-order valence-electron chi connectivity index (χ4n) is 2.46. The monoisotopic (exact) mass is 240 g/mol. The second-order valence-electron chi connectivity index (χ2n) is 5.23. The summed E-state index contributed by atoms with van der Waals surface area (Å²) in [4.78, 5) is 4.59. The Balaban J connectivity index is 1.45. The molecular weight excluding hydrogens is 220 g/mol. The summed E-state index contributed by atoms with van der Waals surface area (Å²) in [5, 5.41) is 5.39. The van der Waals surface area contributed by atoms with Gasteiger partial charge in [0, 0.05) is 18.9 Å². The van der Waals surface area contributed by atoms with E-state index >= 15 is 0 Å². The molecule has 1 unspecified atom stereocenters. The summed E-state index contributed by atoms with van der Waals surface area (Å²) in [6.07, 6.45) is 6.53. The molecule has 2 fully saturated rings. The molecule has 0 bridgehead atoms. The first kappa shape index (κ1) is 10.9. The Morgan fingerprint density at radius 2 is 2.31 bits per heavy atom. The van der Waals surface area contributed by atoms with E-state index in [0.717, 1.165) is 29.4 Å². The molecule has 1 aliphatic heterocycles. The largest absolute Gasteiger partial charge is 0.376 e. The van der Waals surface area contributed by atoms with Crippen molar-refractivity contribution in [2.45, 2.75) is 43.0 Å². The zero-order valence-electron chi connectivity index (χ0n) is 9.87. The van der Waals surface area contributed by atoms with Crippen molar-refractivity contribution in [3.63, 3.8) is 0 Å². The average molecular weight is 240 g/mol. The van der Waals surface area contributed by atoms with Gasteiger partial charge in [-0.2, -0.15) is 0 Å². The van der Waals surface area contributed by atoms with E-state index in [9.17, 15) is 0 Å². The Hall–Kier alpha value is -0.220. The molecule has 0 radical (unpaired) electrons. The standard InChI is InChI=1S/C12H20N2OS/c1-15-12(5-2-6-12)8-14-11-13-7-10(16-11)9-3-4-9/h9-10H,2-8H2,1H3,(H,13,14). The van der Waals surface area contributed by atoms with Gasteiger partial charge < -0.3 is 10.1 Å². The van der Waals surface area contributed by atoms with Crippen LogP contribution in [0.25, 0.3) is 0 Å². The molecule has 0 aromatic rings. The van der Waals surface area contributed by atoms with Crippen molar-refractivity contribution in [2.24, 2.45) is 10.9 Å². The molecule has 90 valence electrons. The van der Waals surface area contributed by atoms with Gasteiger partial charge in [0.1, 0.15) is 0 Å². The molecule has 0 saturated heterocycles. The predicted octanol–water partition coefficient (Wildman–Crippen LogP) is 2.03. The molecule has 0 spiro atoms. The maximum atomic E-state index is 5.59. The van der Waals surface area contributed by atoms with Gasteiger partial charge in [0.05, 0.1) is 12.1 Å². The molecule has 1 heterocycles. The van der Waals surface area contributed by atoms with Gasteiger partial charge in [-0.25, -0.2) is 0 Å². The number of hydrogen-bond donors (Lipinski definition) is 1. The van der Waals surface area contributed by atoms with Crippen molar-refractivity contribution in [2.75, 3.05) is 20.2 Å². The van der Waals surface area contributed by atoms with Crippen LogP contribution in [0.15, 0.2) is 4.99 Å². The topological polar surface area (TPSA) is 33.6 Å². The van der Waals surface area contributed by atoms with Crippen molar-refractivity contribution in [3.8, 4) is 0 Å². The number of aliphatic imine (C=N–C) groups is 1. The van der Waals surface area contributed by atoms with E-state index < -0.39 is 0 Å². The molecule has 1 atom stereocenters. The first-order valence-electron chi connectivity index (χ1n) is 6.31. The van der Waals surface area contributed by atoms with Crippen molar-refractivity contribution in [3.05, 3.63) is 0 Å². The summed E-state index contributed by atoms with van der Waals surface area (Å²) < 4.78 is 5.59. The predicted molar refractivity (Wildman–Crippen MR) is 68.0 cm³/mol. The van der Waals surface area contributed by atoms with Crippen LogP contribution in [0.1, 0.15) is 32.1 Å². The molecule has 4 heteroatoms. The third kappa shape index (κ3) is 2.09. The Kier molecular flexibility index (Phi) is 2.88. The molecule has 16 heavy (non-hydrogen) atoms. The molecule has 3 rings (SSSR count). The highest BCUT2D eigenvalue weighted by Gasteiger charge is 2.39. The Labute approximate surface area is 101 Å². The Morgan fingerprint density at radius 1 is 1.50 bits per heavy atom. The molecule has 0 amide bonds. The van der Waals surface area contributed by atoms with Gasteiger partial charge in [-0.05, 0) is 38.0 Å². The van der Waals surface area contributed by atoms with Crippen LogP contribution in [0.5, 0.6) is 0 Å². The van der Waals surface area contributed by atoms with E-state index in [0.29, 0.717) is 0 Å². The number of amidine groups is 1. The van der Waals surface area contributed by atoms with Crippen LogP contribution in [0, 0.1) is 5.92 Å². The lowest BCUT2D eigenvalue weighted by Crippen LogP contribution is -2.48. The van der Waals surface area contributed by atoms with Gasteiger partial charge in [-0.1, -0.05) is 11.8 Å². The summed E-state index contributed by atoms with van der Waals surface area (Å²) in [7, 11) is 1.83. The van der Waals surface area contributed by atoms with Crippen LogP contribution < -0.4 is 5.32 Å².